The molecule has 0 N–H and O–H groups in total. The first-order valence-electron chi connectivity index (χ1n) is 11.9. The molecule has 3 aromatic carbocycles. The van der Waals surface area contributed by atoms with Gasteiger partial charge in [-0.15, -0.1) is 11.3 Å². The number of fused-ring (bicyclic) bond motifs is 1. The second-order valence-corrected chi connectivity index (χ2v) is 11.7. The SMILES string of the molecule is Clc1ccc(/C=C2\CCC[C@H]3C2=NN(c2nc(-c4ccc(Br)cc4)cs2)[C@@H]3c2ccc(Cl)cc2)cc1. The number of halogens is 3. The van der Waals surface area contributed by atoms with Crippen LogP contribution in [0.1, 0.15) is 36.4 Å². The predicted octanol–water partition coefficient (Wildman–Crippen LogP) is 9.68. The Bertz CT molecular complexity index is 1440. The maximum atomic E-state index is 6.24. The van der Waals surface area contributed by atoms with Gasteiger partial charge in [-0.05, 0) is 78.4 Å². The first kappa shape index (κ1) is 23.9. The van der Waals surface area contributed by atoms with E-state index in [2.05, 4.69) is 68.8 Å². The van der Waals surface area contributed by atoms with E-state index in [1.807, 2.05) is 36.4 Å². The van der Waals surface area contributed by atoms with Crippen molar-refractivity contribution in [1.82, 2.24) is 4.98 Å². The van der Waals surface area contributed by atoms with Crippen molar-refractivity contribution in [1.29, 1.82) is 0 Å². The molecule has 7 heteroatoms. The molecule has 2 heterocycles. The van der Waals surface area contributed by atoms with Crippen LogP contribution in [0, 0.1) is 5.92 Å². The molecular formula is C29H22BrCl2N3S. The summed E-state index contributed by atoms with van der Waals surface area (Å²) in [5.74, 6) is 0.290. The molecule has 0 spiro atoms. The molecule has 3 nitrogen and oxygen atoms in total. The minimum atomic E-state index is 0.0788. The van der Waals surface area contributed by atoms with E-state index in [0.717, 1.165) is 61.4 Å². The van der Waals surface area contributed by atoms with E-state index in [1.165, 1.54) is 11.1 Å². The maximum Gasteiger partial charge on any atom is 0.207 e. The molecule has 1 fully saturated rings. The van der Waals surface area contributed by atoms with Crippen LogP contribution in [0.15, 0.2) is 93.3 Å². The van der Waals surface area contributed by atoms with E-state index in [1.54, 1.807) is 11.3 Å². The van der Waals surface area contributed by atoms with Gasteiger partial charge in [0.2, 0.25) is 5.13 Å². The first-order valence-corrected chi connectivity index (χ1v) is 14.3. The van der Waals surface area contributed by atoms with Crippen molar-refractivity contribution in [3.63, 3.8) is 0 Å². The molecule has 2 aliphatic rings. The highest BCUT2D eigenvalue weighted by Crippen LogP contribution is 2.47. The standard InChI is InChI=1S/C29H22BrCl2N3S/c30-22-10-6-19(7-11-22)26-17-36-29(33-26)35-28(20-8-14-24(32)15-9-20)25-3-1-2-21(27(25)34-35)16-18-4-12-23(31)13-5-18/h4-17,25,28H,1-3H2/b21-16+/t25-,28+/m0/s1. The smallest absolute Gasteiger partial charge is 0.207 e. The van der Waals surface area contributed by atoms with E-state index < -0.39 is 0 Å². The molecule has 1 saturated carbocycles. The summed E-state index contributed by atoms with van der Waals surface area (Å²) in [6.07, 6.45) is 5.49. The average Bonchev–Trinajstić information content (AvgIpc) is 3.52. The van der Waals surface area contributed by atoms with Crippen LogP contribution in [0.2, 0.25) is 10.0 Å². The summed E-state index contributed by atoms with van der Waals surface area (Å²) in [5.41, 5.74) is 6.86. The van der Waals surface area contributed by atoms with Crippen LogP contribution in [0.5, 0.6) is 0 Å². The molecule has 1 aromatic heterocycles. The zero-order valence-corrected chi connectivity index (χ0v) is 23.2. The molecule has 6 rings (SSSR count). The lowest BCUT2D eigenvalue weighted by atomic mass is 9.77. The van der Waals surface area contributed by atoms with Gasteiger partial charge >= 0.3 is 0 Å². The Balaban J connectivity index is 1.41. The Morgan fingerprint density at radius 3 is 2.33 bits per heavy atom. The number of aromatic nitrogens is 1. The number of rotatable bonds is 4. The molecule has 0 unspecified atom stereocenters. The van der Waals surface area contributed by atoms with Crippen molar-refractivity contribution >= 4 is 67.4 Å². The predicted molar refractivity (Wildman–Crippen MR) is 156 cm³/mol. The summed E-state index contributed by atoms with van der Waals surface area (Å²) in [5, 5.41) is 11.9. The molecule has 0 saturated heterocycles. The molecule has 36 heavy (non-hydrogen) atoms. The third kappa shape index (κ3) is 4.78. The molecule has 1 aliphatic heterocycles. The lowest BCUT2D eigenvalue weighted by molar-refractivity contribution is 0.487. The average molecular weight is 595 g/mol. The highest BCUT2D eigenvalue weighted by molar-refractivity contribution is 9.10. The van der Waals surface area contributed by atoms with Gasteiger partial charge in [0.25, 0.3) is 0 Å². The number of hydrazone groups is 1. The van der Waals surface area contributed by atoms with Crippen molar-refractivity contribution in [2.24, 2.45) is 11.0 Å². The molecule has 1 aliphatic carbocycles. The monoisotopic (exact) mass is 593 g/mol. The van der Waals surface area contributed by atoms with Gasteiger partial charge in [0.05, 0.1) is 17.4 Å². The summed E-state index contributed by atoms with van der Waals surface area (Å²) in [4.78, 5) is 5.02. The van der Waals surface area contributed by atoms with Gasteiger partial charge in [0.15, 0.2) is 0 Å². The lowest BCUT2D eigenvalue weighted by Crippen LogP contribution is -2.28. The van der Waals surface area contributed by atoms with E-state index in [4.69, 9.17) is 33.3 Å². The minimum absolute atomic E-state index is 0.0788. The van der Waals surface area contributed by atoms with Crippen molar-refractivity contribution in [2.75, 3.05) is 5.01 Å². The van der Waals surface area contributed by atoms with E-state index in [9.17, 15) is 0 Å². The number of nitrogens with zero attached hydrogens (tertiary/aromatic N) is 3. The second kappa shape index (κ2) is 10.1. The maximum absolute atomic E-state index is 6.24. The second-order valence-electron chi connectivity index (χ2n) is 9.07. The number of hydrogen-bond acceptors (Lipinski definition) is 4. The van der Waals surface area contributed by atoms with Gasteiger partial charge in [-0.25, -0.2) is 9.99 Å². The number of hydrogen-bond donors (Lipinski definition) is 0. The topological polar surface area (TPSA) is 28.5 Å². The fraction of sp³-hybridized carbons (Fsp3) is 0.172. The fourth-order valence-corrected chi connectivity index (χ4v) is 6.37. The van der Waals surface area contributed by atoms with Crippen LogP contribution in [0.3, 0.4) is 0 Å². The van der Waals surface area contributed by atoms with E-state index in [0.29, 0.717) is 5.92 Å². The molecule has 4 aromatic rings. The Morgan fingerprint density at radius 1 is 0.917 bits per heavy atom. The quantitative estimate of drug-likeness (QED) is 0.235. The Hall–Kier alpha value is -2.44. The summed E-state index contributed by atoms with van der Waals surface area (Å²) in [6, 6.07) is 24.5. The molecule has 2 atom stereocenters. The van der Waals surface area contributed by atoms with Crippen LogP contribution >= 0.6 is 50.5 Å². The van der Waals surface area contributed by atoms with Crippen molar-refractivity contribution in [3.05, 3.63) is 109 Å². The van der Waals surface area contributed by atoms with Crippen LogP contribution < -0.4 is 5.01 Å². The van der Waals surface area contributed by atoms with Crippen LogP contribution in [0.4, 0.5) is 5.13 Å². The number of benzene rings is 3. The van der Waals surface area contributed by atoms with Crippen molar-refractivity contribution in [2.45, 2.75) is 25.3 Å². The normalized spacial score (nSPS) is 20.5. The molecule has 0 radical (unpaired) electrons. The summed E-state index contributed by atoms with van der Waals surface area (Å²) in [7, 11) is 0. The molecule has 0 bridgehead atoms. The fourth-order valence-electron chi connectivity index (χ4n) is 5.03. The van der Waals surface area contributed by atoms with Gasteiger partial charge in [-0.1, -0.05) is 75.5 Å². The molecule has 180 valence electrons. The Labute approximate surface area is 233 Å². The Morgan fingerprint density at radius 2 is 1.61 bits per heavy atom. The Kier molecular flexibility index (Phi) is 6.74. The number of anilines is 1. The van der Waals surface area contributed by atoms with Crippen LogP contribution in [-0.2, 0) is 0 Å². The zero-order valence-electron chi connectivity index (χ0n) is 19.2. The summed E-state index contributed by atoms with van der Waals surface area (Å²) >= 11 is 17.5. The third-order valence-corrected chi connectivity index (χ3v) is 8.61. The zero-order chi connectivity index (χ0) is 24.6. The summed E-state index contributed by atoms with van der Waals surface area (Å²) in [6.45, 7) is 0. The van der Waals surface area contributed by atoms with E-state index in [-0.39, 0.29) is 6.04 Å². The van der Waals surface area contributed by atoms with Gasteiger partial charge < -0.3 is 0 Å². The minimum Gasteiger partial charge on any atom is -0.231 e. The van der Waals surface area contributed by atoms with Gasteiger partial charge in [0, 0.05) is 31.4 Å². The van der Waals surface area contributed by atoms with Crippen LogP contribution in [0.25, 0.3) is 17.3 Å². The van der Waals surface area contributed by atoms with Gasteiger partial charge in [0.1, 0.15) is 0 Å². The van der Waals surface area contributed by atoms with Crippen molar-refractivity contribution in [3.8, 4) is 11.3 Å². The highest BCUT2D eigenvalue weighted by Gasteiger charge is 2.42. The largest absolute Gasteiger partial charge is 0.231 e. The third-order valence-electron chi connectivity index (χ3n) is 6.75. The number of thiazole rings is 1. The summed E-state index contributed by atoms with van der Waals surface area (Å²) < 4.78 is 1.06. The van der Waals surface area contributed by atoms with E-state index >= 15 is 0 Å². The lowest BCUT2D eigenvalue weighted by Gasteiger charge is -2.29. The highest BCUT2D eigenvalue weighted by atomic mass is 79.9. The van der Waals surface area contributed by atoms with Crippen LogP contribution in [-0.4, -0.2) is 10.7 Å². The van der Waals surface area contributed by atoms with Crippen molar-refractivity contribution < 1.29 is 0 Å². The molecular weight excluding hydrogens is 573 g/mol. The first-order chi connectivity index (χ1) is 17.5. The molecule has 0 amide bonds. The number of allylic oxidation sites excluding steroid dienone is 1. The van der Waals surface area contributed by atoms with Gasteiger partial charge in [-0.3, -0.25) is 0 Å². The van der Waals surface area contributed by atoms with Gasteiger partial charge in [-0.2, -0.15) is 5.10 Å².